The first-order chi connectivity index (χ1) is 7.50. The van der Waals surface area contributed by atoms with E-state index in [0.717, 1.165) is 6.20 Å². The van der Waals surface area contributed by atoms with Gasteiger partial charge in [0.15, 0.2) is 5.52 Å². The minimum atomic E-state index is -0.604. The fourth-order valence-corrected chi connectivity index (χ4v) is 1.54. The number of fused-ring (bicyclic) bond motifs is 1. The van der Waals surface area contributed by atoms with Crippen LogP contribution < -0.4 is 16.8 Å². The summed E-state index contributed by atoms with van der Waals surface area (Å²) < 4.78 is 1.28. The summed E-state index contributed by atoms with van der Waals surface area (Å²) in [5.41, 5.74) is -1.42. The van der Waals surface area contributed by atoms with Crippen LogP contribution in [0.2, 0.25) is 0 Å². The van der Waals surface area contributed by atoms with Gasteiger partial charge in [-0.25, -0.2) is 9.78 Å². The molecule has 0 amide bonds. The number of aromatic nitrogens is 4. The number of H-pyrrole nitrogens is 2. The highest BCUT2D eigenvalue weighted by Crippen LogP contribution is 2.05. The summed E-state index contributed by atoms with van der Waals surface area (Å²) in [7, 11) is 0. The van der Waals surface area contributed by atoms with Crippen molar-refractivity contribution in [3.63, 3.8) is 0 Å². The van der Waals surface area contributed by atoms with E-state index in [1.54, 1.807) is 13.8 Å². The van der Waals surface area contributed by atoms with Crippen LogP contribution in [0.25, 0.3) is 11.2 Å². The van der Waals surface area contributed by atoms with Crippen LogP contribution in [0.5, 0.6) is 0 Å². The van der Waals surface area contributed by atoms with Gasteiger partial charge in [-0.1, -0.05) is 0 Å². The Morgan fingerprint density at radius 2 is 1.94 bits per heavy atom. The lowest BCUT2D eigenvalue weighted by Gasteiger charge is -2.11. The van der Waals surface area contributed by atoms with Gasteiger partial charge in [-0.3, -0.25) is 19.1 Å². The standard InChI is InChI=1S/C9H10N4O3/c1-4(2)13-7-6(8(15)12-9(13)16)10-3-5(14)11-7/h3-4H,1-2H3,(H,11,14)(H,12,15,16). The van der Waals surface area contributed by atoms with Gasteiger partial charge in [0, 0.05) is 6.04 Å². The Balaban J connectivity index is 3.10. The summed E-state index contributed by atoms with van der Waals surface area (Å²) in [6.45, 7) is 3.54. The largest absolute Gasteiger partial charge is 0.330 e. The molecule has 0 unspecified atom stereocenters. The molecular formula is C9H10N4O3. The maximum absolute atomic E-state index is 11.6. The van der Waals surface area contributed by atoms with E-state index >= 15 is 0 Å². The van der Waals surface area contributed by atoms with E-state index < -0.39 is 16.8 Å². The van der Waals surface area contributed by atoms with E-state index in [1.165, 1.54) is 4.57 Å². The summed E-state index contributed by atoms with van der Waals surface area (Å²) >= 11 is 0. The minimum absolute atomic E-state index is 0.0490. The average molecular weight is 222 g/mol. The monoisotopic (exact) mass is 222 g/mol. The predicted octanol–water partition coefficient (Wildman–Crippen LogP) is -0.646. The van der Waals surface area contributed by atoms with Gasteiger partial charge in [-0.05, 0) is 13.8 Å². The average Bonchev–Trinajstić information content (AvgIpc) is 2.15. The van der Waals surface area contributed by atoms with E-state index in [9.17, 15) is 14.4 Å². The summed E-state index contributed by atoms with van der Waals surface area (Å²) in [6.07, 6.45) is 1.01. The quantitative estimate of drug-likeness (QED) is 0.669. The fraction of sp³-hybridized carbons (Fsp3) is 0.333. The van der Waals surface area contributed by atoms with E-state index in [2.05, 4.69) is 15.0 Å². The molecule has 7 heteroatoms. The Hall–Kier alpha value is -2.18. The first-order valence-electron chi connectivity index (χ1n) is 4.74. The lowest BCUT2D eigenvalue weighted by atomic mass is 10.3. The number of aromatic amines is 2. The van der Waals surface area contributed by atoms with Crippen LogP contribution in [-0.2, 0) is 0 Å². The molecule has 0 atom stereocenters. The predicted molar refractivity (Wildman–Crippen MR) is 57.6 cm³/mol. The maximum atomic E-state index is 11.6. The minimum Gasteiger partial charge on any atom is -0.305 e. The summed E-state index contributed by atoms with van der Waals surface area (Å²) in [6, 6.07) is -0.188. The summed E-state index contributed by atoms with van der Waals surface area (Å²) in [4.78, 5) is 42.4. The third-order valence-electron chi connectivity index (χ3n) is 2.19. The molecule has 0 aromatic carbocycles. The zero-order chi connectivity index (χ0) is 11.9. The molecule has 0 saturated heterocycles. The highest BCUT2D eigenvalue weighted by molar-refractivity contribution is 5.67. The van der Waals surface area contributed by atoms with E-state index in [1.807, 2.05) is 0 Å². The molecule has 0 bridgehead atoms. The zero-order valence-electron chi connectivity index (χ0n) is 8.77. The molecule has 2 aromatic rings. The molecule has 7 nitrogen and oxygen atoms in total. The Morgan fingerprint density at radius 3 is 2.56 bits per heavy atom. The summed E-state index contributed by atoms with van der Waals surface area (Å²) in [5.74, 6) is 0. The van der Waals surface area contributed by atoms with Gasteiger partial charge in [-0.15, -0.1) is 0 Å². The van der Waals surface area contributed by atoms with E-state index in [4.69, 9.17) is 0 Å². The molecule has 0 saturated carbocycles. The number of hydrogen-bond acceptors (Lipinski definition) is 4. The van der Waals surface area contributed by atoms with E-state index in [0.29, 0.717) is 0 Å². The van der Waals surface area contributed by atoms with Gasteiger partial charge in [0.2, 0.25) is 0 Å². The number of nitrogens with zero attached hydrogens (tertiary/aromatic N) is 2. The van der Waals surface area contributed by atoms with Gasteiger partial charge in [0.1, 0.15) is 5.65 Å². The smallest absolute Gasteiger partial charge is 0.305 e. The first kappa shape index (κ1) is 10.3. The van der Waals surface area contributed by atoms with Crippen LogP contribution in [0, 0.1) is 0 Å². The molecule has 2 heterocycles. The van der Waals surface area contributed by atoms with Crippen molar-refractivity contribution in [1.29, 1.82) is 0 Å². The van der Waals surface area contributed by atoms with Crippen LogP contribution in [0.15, 0.2) is 20.6 Å². The molecule has 0 spiro atoms. The Bertz CT molecular complexity index is 707. The second-order valence-corrected chi connectivity index (χ2v) is 3.67. The molecule has 2 N–H and O–H groups in total. The topological polar surface area (TPSA) is 101 Å². The van der Waals surface area contributed by atoms with Crippen molar-refractivity contribution in [2.45, 2.75) is 19.9 Å². The first-order valence-corrected chi connectivity index (χ1v) is 4.74. The molecule has 2 aromatic heterocycles. The van der Waals surface area contributed by atoms with Crippen molar-refractivity contribution >= 4 is 11.2 Å². The van der Waals surface area contributed by atoms with Crippen LogP contribution in [0.4, 0.5) is 0 Å². The molecular weight excluding hydrogens is 212 g/mol. The van der Waals surface area contributed by atoms with Gasteiger partial charge in [-0.2, -0.15) is 0 Å². The lowest BCUT2D eigenvalue weighted by Crippen LogP contribution is -2.33. The molecule has 84 valence electrons. The van der Waals surface area contributed by atoms with Crippen LogP contribution >= 0.6 is 0 Å². The lowest BCUT2D eigenvalue weighted by molar-refractivity contribution is 0.578. The molecule has 0 aliphatic carbocycles. The summed E-state index contributed by atoms with van der Waals surface area (Å²) in [5, 5.41) is 0. The third-order valence-corrected chi connectivity index (χ3v) is 2.19. The second-order valence-electron chi connectivity index (χ2n) is 3.67. The molecule has 2 rings (SSSR count). The normalized spacial score (nSPS) is 11.2. The van der Waals surface area contributed by atoms with Crippen LogP contribution in [0.1, 0.15) is 19.9 Å². The molecule has 0 aliphatic heterocycles. The van der Waals surface area contributed by atoms with Crippen molar-refractivity contribution < 1.29 is 0 Å². The highest BCUT2D eigenvalue weighted by atomic mass is 16.2. The van der Waals surface area contributed by atoms with Gasteiger partial charge >= 0.3 is 5.69 Å². The van der Waals surface area contributed by atoms with Crippen LogP contribution in [0.3, 0.4) is 0 Å². The molecule has 16 heavy (non-hydrogen) atoms. The maximum Gasteiger partial charge on any atom is 0.330 e. The zero-order valence-corrected chi connectivity index (χ0v) is 8.77. The fourth-order valence-electron chi connectivity index (χ4n) is 1.54. The number of hydrogen-bond donors (Lipinski definition) is 2. The van der Waals surface area contributed by atoms with Crippen LogP contribution in [-0.4, -0.2) is 19.5 Å². The Kier molecular flexibility index (Phi) is 2.22. The van der Waals surface area contributed by atoms with Gasteiger partial charge in [0.25, 0.3) is 11.1 Å². The van der Waals surface area contributed by atoms with E-state index in [-0.39, 0.29) is 17.2 Å². The van der Waals surface area contributed by atoms with Crippen molar-refractivity contribution in [3.8, 4) is 0 Å². The molecule has 0 aliphatic rings. The van der Waals surface area contributed by atoms with Crippen molar-refractivity contribution in [2.75, 3.05) is 0 Å². The molecule has 0 fully saturated rings. The number of nitrogens with one attached hydrogen (secondary N) is 2. The number of rotatable bonds is 1. The SMILES string of the molecule is CC(C)n1c(=O)[nH]c(=O)c2ncc(=O)[nH]c21. The Morgan fingerprint density at radius 1 is 1.25 bits per heavy atom. The van der Waals surface area contributed by atoms with Crippen molar-refractivity contribution in [2.24, 2.45) is 0 Å². The third kappa shape index (κ3) is 1.46. The van der Waals surface area contributed by atoms with Crippen molar-refractivity contribution in [1.82, 2.24) is 19.5 Å². The second kappa shape index (κ2) is 3.44. The molecule has 0 radical (unpaired) electrons. The van der Waals surface area contributed by atoms with Gasteiger partial charge < -0.3 is 4.98 Å². The van der Waals surface area contributed by atoms with Crippen molar-refractivity contribution in [3.05, 3.63) is 37.4 Å². The Labute approximate surface area is 88.8 Å². The van der Waals surface area contributed by atoms with Gasteiger partial charge in [0.05, 0.1) is 6.20 Å². The highest BCUT2D eigenvalue weighted by Gasteiger charge is 2.11.